The molecule has 4 unspecified atom stereocenters. The highest BCUT2D eigenvalue weighted by Crippen LogP contribution is 2.67. The summed E-state index contributed by atoms with van der Waals surface area (Å²) in [5, 5.41) is 10.1. The summed E-state index contributed by atoms with van der Waals surface area (Å²) in [6.45, 7) is 8.87. The fraction of sp³-hybridized carbons (Fsp3) is 1.00. The molecule has 70 valence electrons. The quantitative estimate of drug-likeness (QED) is 0.589. The third-order valence-corrected chi connectivity index (χ3v) is 4.59. The van der Waals surface area contributed by atoms with Crippen molar-refractivity contribution in [1.82, 2.24) is 0 Å². The van der Waals surface area contributed by atoms with E-state index in [1.807, 2.05) is 6.92 Å². The average molecular weight is 168 g/mol. The molecule has 0 bridgehead atoms. The van der Waals surface area contributed by atoms with Crippen molar-refractivity contribution in [3.8, 4) is 0 Å². The Hall–Kier alpha value is -0.0400. The maximum atomic E-state index is 10.1. The van der Waals surface area contributed by atoms with Crippen LogP contribution in [0, 0.1) is 23.2 Å². The fourth-order valence-corrected chi connectivity index (χ4v) is 3.01. The molecule has 0 aliphatic heterocycles. The van der Waals surface area contributed by atoms with Gasteiger partial charge >= 0.3 is 0 Å². The minimum Gasteiger partial charge on any atom is -0.390 e. The van der Waals surface area contributed by atoms with E-state index in [1.165, 1.54) is 6.42 Å². The van der Waals surface area contributed by atoms with Gasteiger partial charge in [0.15, 0.2) is 0 Å². The molecule has 4 atom stereocenters. The Kier molecular flexibility index (Phi) is 1.47. The fourth-order valence-electron chi connectivity index (χ4n) is 3.01. The summed E-state index contributed by atoms with van der Waals surface area (Å²) < 4.78 is 0. The van der Waals surface area contributed by atoms with E-state index in [2.05, 4.69) is 20.8 Å². The molecule has 2 saturated carbocycles. The van der Waals surface area contributed by atoms with E-state index < -0.39 is 5.60 Å². The molecule has 1 N–H and O–H groups in total. The largest absolute Gasteiger partial charge is 0.390 e. The predicted octanol–water partition coefficient (Wildman–Crippen LogP) is 2.44. The summed E-state index contributed by atoms with van der Waals surface area (Å²) >= 11 is 0. The van der Waals surface area contributed by atoms with Crippen molar-refractivity contribution in [2.45, 2.75) is 46.1 Å². The summed E-state index contributed by atoms with van der Waals surface area (Å²) in [5.41, 5.74) is 0.129. The van der Waals surface area contributed by atoms with Gasteiger partial charge < -0.3 is 5.11 Å². The van der Waals surface area contributed by atoms with Gasteiger partial charge in [0.25, 0.3) is 0 Å². The Bertz CT molecular complexity index is 205. The molecule has 0 spiro atoms. The van der Waals surface area contributed by atoms with Crippen LogP contribution in [0.15, 0.2) is 0 Å². The highest BCUT2D eigenvalue weighted by Gasteiger charge is 2.62. The first-order valence-corrected chi connectivity index (χ1v) is 5.08. The van der Waals surface area contributed by atoms with Gasteiger partial charge in [-0.3, -0.25) is 0 Å². The highest BCUT2D eigenvalue weighted by molar-refractivity contribution is 5.11. The molecule has 0 aromatic heterocycles. The van der Waals surface area contributed by atoms with Gasteiger partial charge in [0, 0.05) is 0 Å². The normalized spacial score (nSPS) is 56.2. The molecule has 0 aromatic rings. The van der Waals surface area contributed by atoms with Crippen molar-refractivity contribution in [2.24, 2.45) is 23.2 Å². The number of fused-ring (bicyclic) bond motifs is 1. The first-order valence-electron chi connectivity index (χ1n) is 5.08. The van der Waals surface area contributed by atoms with Crippen LogP contribution in [0.5, 0.6) is 0 Å². The van der Waals surface area contributed by atoms with E-state index in [9.17, 15) is 5.11 Å². The summed E-state index contributed by atoms with van der Waals surface area (Å²) in [4.78, 5) is 0. The minimum atomic E-state index is -0.394. The first-order chi connectivity index (χ1) is 5.36. The van der Waals surface area contributed by atoms with E-state index in [4.69, 9.17) is 0 Å². The molecule has 0 radical (unpaired) electrons. The van der Waals surface area contributed by atoms with Gasteiger partial charge in [-0.1, -0.05) is 20.8 Å². The van der Waals surface area contributed by atoms with Crippen LogP contribution >= 0.6 is 0 Å². The standard InChI is InChI=1S/C11H20O/c1-7-5-8-9(10(8,2)3)6-11(7,4)12/h7-9,12H,5-6H2,1-4H3. The van der Waals surface area contributed by atoms with Crippen LogP contribution in [0.3, 0.4) is 0 Å². The number of hydrogen-bond acceptors (Lipinski definition) is 1. The molecule has 0 amide bonds. The van der Waals surface area contributed by atoms with Crippen molar-refractivity contribution < 1.29 is 5.11 Å². The highest BCUT2D eigenvalue weighted by atomic mass is 16.3. The van der Waals surface area contributed by atoms with Gasteiger partial charge in [-0.15, -0.1) is 0 Å². The molecule has 0 aromatic carbocycles. The lowest BCUT2D eigenvalue weighted by atomic mass is 9.78. The van der Waals surface area contributed by atoms with Crippen LogP contribution in [-0.4, -0.2) is 10.7 Å². The van der Waals surface area contributed by atoms with Crippen LogP contribution in [-0.2, 0) is 0 Å². The van der Waals surface area contributed by atoms with Gasteiger partial charge in [0.2, 0.25) is 0 Å². The van der Waals surface area contributed by atoms with Gasteiger partial charge in [-0.05, 0) is 42.9 Å². The van der Waals surface area contributed by atoms with Gasteiger partial charge in [-0.2, -0.15) is 0 Å². The lowest BCUT2D eigenvalue weighted by Gasteiger charge is -2.34. The topological polar surface area (TPSA) is 20.2 Å². The second-order valence-corrected chi connectivity index (χ2v) is 5.73. The third-order valence-electron chi connectivity index (χ3n) is 4.59. The van der Waals surface area contributed by atoms with Crippen molar-refractivity contribution in [3.63, 3.8) is 0 Å². The van der Waals surface area contributed by atoms with Crippen molar-refractivity contribution in [1.29, 1.82) is 0 Å². The number of rotatable bonds is 0. The van der Waals surface area contributed by atoms with Crippen LogP contribution in [0.1, 0.15) is 40.5 Å². The van der Waals surface area contributed by atoms with E-state index >= 15 is 0 Å². The van der Waals surface area contributed by atoms with Crippen molar-refractivity contribution in [2.75, 3.05) is 0 Å². The summed E-state index contributed by atoms with van der Waals surface area (Å²) in [6, 6.07) is 0. The zero-order valence-electron chi connectivity index (χ0n) is 8.59. The number of aliphatic hydroxyl groups is 1. The molecule has 2 fully saturated rings. The summed E-state index contributed by atoms with van der Waals surface area (Å²) in [7, 11) is 0. The van der Waals surface area contributed by atoms with E-state index in [0.717, 1.165) is 18.3 Å². The maximum absolute atomic E-state index is 10.1. The molecular formula is C11H20O. The van der Waals surface area contributed by atoms with Crippen molar-refractivity contribution in [3.05, 3.63) is 0 Å². The summed E-state index contributed by atoms with van der Waals surface area (Å²) in [5.74, 6) is 2.18. The Morgan fingerprint density at radius 3 is 2.25 bits per heavy atom. The molecule has 2 rings (SSSR count). The van der Waals surface area contributed by atoms with E-state index in [0.29, 0.717) is 11.3 Å². The molecule has 2 aliphatic carbocycles. The third kappa shape index (κ3) is 0.953. The Balaban J connectivity index is 2.14. The number of hydrogen-bond donors (Lipinski definition) is 1. The molecule has 1 heteroatoms. The van der Waals surface area contributed by atoms with E-state index in [1.54, 1.807) is 0 Å². The predicted molar refractivity (Wildman–Crippen MR) is 49.8 cm³/mol. The first kappa shape index (κ1) is 8.55. The average Bonchev–Trinajstić information content (AvgIpc) is 2.37. The Morgan fingerprint density at radius 1 is 1.17 bits per heavy atom. The summed E-state index contributed by atoms with van der Waals surface area (Å²) in [6.07, 6.45) is 2.25. The van der Waals surface area contributed by atoms with Crippen LogP contribution in [0.2, 0.25) is 0 Å². The molecule has 0 saturated heterocycles. The molecular weight excluding hydrogens is 148 g/mol. The maximum Gasteiger partial charge on any atom is 0.0648 e. The van der Waals surface area contributed by atoms with Crippen molar-refractivity contribution >= 4 is 0 Å². The lowest BCUT2D eigenvalue weighted by Crippen LogP contribution is -2.36. The zero-order valence-corrected chi connectivity index (χ0v) is 8.59. The Labute approximate surface area is 75.2 Å². The van der Waals surface area contributed by atoms with Crippen LogP contribution in [0.4, 0.5) is 0 Å². The smallest absolute Gasteiger partial charge is 0.0648 e. The zero-order chi connectivity index (χ0) is 9.15. The molecule has 1 nitrogen and oxygen atoms in total. The van der Waals surface area contributed by atoms with Gasteiger partial charge in [0.1, 0.15) is 0 Å². The molecule has 2 aliphatic rings. The lowest BCUT2D eigenvalue weighted by molar-refractivity contribution is -0.0278. The Morgan fingerprint density at radius 2 is 1.75 bits per heavy atom. The minimum absolute atomic E-state index is 0.394. The second kappa shape index (κ2) is 2.06. The SMILES string of the molecule is CC1CC2C(CC1(C)O)C2(C)C. The van der Waals surface area contributed by atoms with E-state index in [-0.39, 0.29) is 0 Å². The second-order valence-electron chi connectivity index (χ2n) is 5.73. The van der Waals surface area contributed by atoms with Crippen LogP contribution < -0.4 is 0 Å². The molecule has 12 heavy (non-hydrogen) atoms. The monoisotopic (exact) mass is 168 g/mol. The van der Waals surface area contributed by atoms with Gasteiger partial charge in [-0.25, -0.2) is 0 Å². The van der Waals surface area contributed by atoms with Crippen LogP contribution in [0.25, 0.3) is 0 Å². The van der Waals surface area contributed by atoms with Gasteiger partial charge in [0.05, 0.1) is 5.60 Å². The molecule has 0 heterocycles.